The molecule has 1 saturated carbocycles. The Morgan fingerprint density at radius 3 is 2.25 bits per heavy atom. The summed E-state index contributed by atoms with van der Waals surface area (Å²) < 4.78 is 0. The Labute approximate surface area is 71.3 Å². The van der Waals surface area contributed by atoms with Gasteiger partial charge >= 0.3 is 6.09 Å². The van der Waals surface area contributed by atoms with Gasteiger partial charge in [-0.05, 0) is 24.7 Å². The van der Waals surface area contributed by atoms with Crippen LogP contribution in [0.3, 0.4) is 0 Å². The van der Waals surface area contributed by atoms with E-state index in [0.717, 1.165) is 12.8 Å². The highest BCUT2D eigenvalue weighted by atomic mass is 16.4. The summed E-state index contributed by atoms with van der Waals surface area (Å²) in [4.78, 5) is 12.1. The van der Waals surface area contributed by atoms with Crippen molar-refractivity contribution < 1.29 is 9.90 Å². The van der Waals surface area contributed by atoms with Crippen LogP contribution in [0.1, 0.15) is 12.8 Å². The summed E-state index contributed by atoms with van der Waals surface area (Å²) in [5.74, 6) is 1.08. The second kappa shape index (κ2) is 2.62. The van der Waals surface area contributed by atoms with Crippen molar-refractivity contribution in [2.75, 3.05) is 13.1 Å². The SMILES string of the molecule is N[C@@H]1C[C@@H]2CN(C(=O)O)C[C@@H]2C1. The number of hydrogen-bond acceptors (Lipinski definition) is 2. The molecule has 0 radical (unpaired) electrons. The van der Waals surface area contributed by atoms with E-state index >= 15 is 0 Å². The molecular weight excluding hydrogens is 156 g/mol. The van der Waals surface area contributed by atoms with E-state index in [1.807, 2.05) is 0 Å². The van der Waals surface area contributed by atoms with Crippen molar-refractivity contribution in [3.63, 3.8) is 0 Å². The Balaban J connectivity index is 1.98. The molecule has 0 spiro atoms. The monoisotopic (exact) mass is 170 g/mol. The van der Waals surface area contributed by atoms with Gasteiger partial charge in [0.2, 0.25) is 0 Å². The van der Waals surface area contributed by atoms with Gasteiger partial charge in [-0.25, -0.2) is 4.79 Å². The molecule has 3 atom stereocenters. The van der Waals surface area contributed by atoms with Crippen LogP contribution in [0.25, 0.3) is 0 Å². The average molecular weight is 170 g/mol. The average Bonchev–Trinajstić information content (AvgIpc) is 2.42. The van der Waals surface area contributed by atoms with Crippen LogP contribution >= 0.6 is 0 Å². The largest absolute Gasteiger partial charge is 0.465 e. The van der Waals surface area contributed by atoms with E-state index in [-0.39, 0.29) is 0 Å². The lowest BCUT2D eigenvalue weighted by atomic mass is 10.0. The Hall–Kier alpha value is -0.770. The van der Waals surface area contributed by atoms with E-state index in [1.54, 1.807) is 0 Å². The molecule has 0 aromatic carbocycles. The van der Waals surface area contributed by atoms with Gasteiger partial charge in [-0.1, -0.05) is 0 Å². The number of rotatable bonds is 0. The maximum absolute atomic E-state index is 10.6. The highest BCUT2D eigenvalue weighted by Crippen LogP contribution is 2.36. The molecule has 2 aliphatic rings. The lowest BCUT2D eigenvalue weighted by Gasteiger charge is -2.13. The van der Waals surface area contributed by atoms with Crippen LogP contribution < -0.4 is 5.73 Å². The fraction of sp³-hybridized carbons (Fsp3) is 0.875. The van der Waals surface area contributed by atoms with Crippen LogP contribution in [0.5, 0.6) is 0 Å². The van der Waals surface area contributed by atoms with Gasteiger partial charge in [0.25, 0.3) is 0 Å². The highest BCUT2D eigenvalue weighted by molar-refractivity contribution is 5.65. The van der Waals surface area contributed by atoms with E-state index < -0.39 is 6.09 Å². The molecule has 3 N–H and O–H groups in total. The Morgan fingerprint density at radius 2 is 1.83 bits per heavy atom. The van der Waals surface area contributed by atoms with Crippen LogP contribution in [0.2, 0.25) is 0 Å². The smallest absolute Gasteiger partial charge is 0.407 e. The molecule has 1 aliphatic heterocycles. The second-order valence-corrected chi connectivity index (χ2v) is 3.94. The predicted molar refractivity (Wildman–Crippen MR) is 43.8 cm³/mol. The molecule has 4 heteroatoms. The molecule has 4 nitrogen and oxygen atoms in total. The van der Waals surface area contributed by atoms with E-state index in [1.165, 1.54) is 4.90 Å². The Bertz CT molecular complexity index is 193. The van der Waals surface area contributed by atoms with Crippen molar-refractivity contribution >= 4 is 6.09 Å². The summed E-state index contributed by atoms with van der Waals surface area (Å²) in [5.41, 5.74) is 5.78. The van der Waals surface area contributed by atoms with E-state index in [0.29, 0.717) is 31.0 Å². The van der Waals surface area contributed by atoms with Gasteiger partial charge in [0.05, 0.1) is 0 Å². The van der Waals surface area contributed by atoms with Gasteiger partial charge in [0, 0.05) is 19.1 Å². The molecule has 1 amide bonds. The van der Waals surface area contributed by atoms with Crippen LogP contribution in [0.15, 0.2) is 0 Å². The van der Waals surface area contributed by atoms with Gasteiger partial charge in [0.1, 0.15) is 0 Å². The van der Waals surface area contributed by atoms with Gasteiger partial charge in [-0.15, -0.1) is 0 Å². The summed E-state index contributed by atoms with van der Waals surface area (Å²) >= 11 is 0. The lowest BCUT2D eigenvalue weighted by molar-refractivity contribution is 0.152. The van der Waals surface area contributed by atoms with Crippen LogP contribution in [0, 0.1) is 11.8 Å². The topological polar surface area (TPSA) is 66.6 Å². The number of amides is 1. The minimum atomic E-state index is -0.780. The first-order chi connectivity index (χ1) is 5.66. The number of hydrogen-bond donors (Lipinski definition) is 2. The molecule has 1 heterocycles. The number of carbonyl (C=O) groups is 1. The molecule has 68 valence electrons. The van der Waals surface area contributed by atoms with Crippen LogP contribution in [-0.2, 0) is 0 Å². The maximum atomic E-state index is 10.6. The van der Waals surface area contributed by atoms with E-state index in [4.69, 9.17) is 10.8 Å². The third kappa shape index (κ3) is 1.16. The first kappa shape index (κ1) is 7.86. The summed E-state index contributed by atoms with van der Waals surface area (Å²) in [6.07, 6.45) is 1.24. The van der Waals surface area contributed by atoms with Gasteiger partial charge in [0.15, 0.2) is 0 Å². The fourth-order valence-corrected chi connectivity index (χ4v) is 2.50. The first-order valence-electron chi connectivity index (χ1n) is 4.40. The molecule has 0 bridgehead atoms. The minimum Gasteiger partial charge on any atom is -0.465 e. The molecule has 1 saturated heterocycles. The summed E-state index contributed by atoms with van der Waals surface area (Å²) in [5, 5.41) is 8.73. The predicted octanol–water partition coefficient (Wildman–Crippen LogP) is 0.333. The molecule has 0 aromatic rings. The zero-order chi connectivity index (χ0) is 8.72. The number of carboxylic acid groups (broad SMARTS) is 1. The second-order valence-electron chi connectivity index (χ2n) is 3.94. The summed E-state index contributed by atoms with van der Waals surface area (Å²) in [7, 11) is 0. The van der Waals surface area contributed by atoms with Crippen molar-refractivity contribution in [1.29, 1.82) is 0 Å². The third-order valence-corrected chi connectivity index (χ3v) is 3.06. The van der Waals surface area contributed by atoms with E-state index in [9.17, 15) is 4.79 Å². The first-order valence-corrected chi connectivity index (χ1v) is 4.40. The normalized spacial score (nSPS) is 40.1. The zero-order valence-electron chi connectivity index (χ0n) is 6.94. The summed E-state index contributed by atoms with van der Waals surface area (Å²) in [6, 6.07) is 0.316. The quantitative estimate of drug-likeness (QED) is 0.550. The molecule has 1 aliphatic carbocycles. The van der Waals surface area contributed by atoms with Gasteiger partial charge in [-0.3, -0.25) is 0 Å². The molecule has 12 heavy (non-hydrogen) atoms. The fourth-order valence-electron chi connectivity index (χ4n) is 2.50. The van der Waals surface area contributed by atoms with Gasteiger partial charge < -0.3 is 15.7 Å². The molecule has 0 aromatic heterocycles. The third-order valence-electron chi connectivity index (χ3n) is 3.06. The number of likely N-dealkylation sites (tertiary alicyclic amines) is 1. The number of nitrogens with two attached hydrogens (primary N) is 1. The Kier molecular flexibility index (Phi) is 1.72. The van der Waals surface area contributed by atoms with Crippen LogP contribution in [0.4, 0.5) is 4.79 Å². The van der Waals surface area contributed by atoms with Crippen molar-refractivity contribution in [1.82, 2.24) is 4.90 Å². The minimum absolute atomic E-state index is 0.316. The molecular formula is C8H14N2O2. The standard InChI is InChI=1S/C8H14N2O2/c9-7-1-5-3-10(8(11)12)4-6(5)2-7/h5-7H,1-4,9H2,(H,11,12)/t5-,6+,7-. The van der Waals surface area contributed by atoms with Crippen molar-refractivity contribution in [3.8, 4) is 0 Å². The van der Waals surface area contributed by atoms with Gasteiger partial charge in [-0.2, -0.15) is 0 Å². The van der Waals surface area contributed by atoms with E-state index in [2.05, 4.69) is 0 Å². The molecule has 0 unspecified atom stereocenters. The van der Waals surface area contributed by atoms with Crippen molar-refractivity contribution in [2.24, 2.45) is 17.6 Å². The number of nitrogens with zero attached hydrogens (tertiary/aromatic N) is 1. The van der Waals surface area contributed by atoms with Crippen molar-refractivity contribution in [2.45, 2.75) is 18.9 Å². The number of fused-ring (bicyclic) bond motifs is 1. The molecule has 2 fully saturated rings. The zero-order valence-corrected chi connectivity index (χ0v) is 6.94. The maximum Gasteiger partial charge on any atom is 0.407 e. The Morgan fingerprint density at radius 1 is 1.33 bits per heavy atom. The van der Waals surface area contributed by atoms with Crippen molar-refractivity contribution in [3.05, 3.63) is 0 Å². The highest BCUT2D eigenvalue weighted by Gasteiger charge is 2.41. The van der Waals surface area contributed by atoms with Crippen LogP contribution in [-0.4, -0.2) is 35.2 Å². The lowest BCUT2D eigenvalue weighted by Crippen LogP contribution is -2.29. The summed E-state index contributed by atoms with van der Waals surface area (Å²) in [6.45, 7) is 1.40. The molecule has 2 rings (SSSR count).